The monoisotopic (exact) mass is 768 g/mol. The summed E-state index contributed by atoms with van der Waals surface area (Å²) in [7, 11) is 0. The molecule has 10 rings (SSSR count). The van der Waals surface area contributed by atoms with Gasteiger partial charge in [0.2, 0.25) is 0 Å². The zero-order valence-corrected chi connectivity index (χ0v) is 36.2. The van der Waals surface area contributed by atoms with E-state index in [4.69, 9.17) is 4.42 Å². The van der Waals surface area contributed by atoms with E-state index in [-0.39, 0.29) is 23.0 Å². The van der Waals surface area contributed by atoms with Gasteiger partial charge in [0.15, 0.2) is 0 Å². The van der Waals surface area contributed by atoms with Gasteiger partial charge in [-0.3, -0.25) is 0 Å². The Labute approximate surface area is 350 Å². The molecule has 0 N–H and O–H groups in total. The lowest BCUT2D eigenvalue weighted by molar-refractivity contribution is 0.590. The molecule has 292 valence electrons. The second-order valence-electron chi connectivity index (χ2n) is 20.0. The van der Waals surface area contributed by atoms with Gasteiger partial charge in [-0.05, 0) is 122 Å². The summed E-state index contributed by atoms with van der Waals surface area (Å²) in [5.41, 5.74) is 20.6. The van der Waals surface area contributed by atoms with Crippen LogP contribution < -0.4 is 26.2 Å². The highest BCUT2D eigenvalue weighted by Gasteiger charge is 2.44. The first-order chi connectivity index (χ1) is 28.1. The highest BCUT2D eigenvalue weighted by Crippen LogP contribution is 2.47. The quantitative estimate of drug-likeness (QED) is 0.167. The molecular weight excluding hydrogens is 715 g/mol. The van der Waals surface area contributed by atoms with E-state index in [9.17, 15) is 0 Å². The Kier molecular flexibility index (Phi) is 8.22. The van der Waals surface area contributed by atoms with E-state index in [1.54, 1.807) is 0 Å². The number of rotatable bonds is 3. The maximum Gasteiger partial charge on any atom is 0.252 e. The standard InChI is InChI=1S/C55H53BN2O/c1-34-29-48-51-49(30-34)58(40-16-13-15-35(31-40)41-18-14-19-43-42-17-11-12-20-50(42)59-52(41)43)47-33-38(55(8,9)10)24-28-45(47)56(51)44-27-23-37(54(5,6)7)32-46(44)57(48)39-25-21-36(22-26-39)53(2,3)4/h11-33H,1-10H3. The van der Waals surface area contributed by atoms with Crippen molar-refractivity contribution in [1.29, 1.82) is 0 Å². The van der Waals surface area contributed by atoms with Crippen LogP contribution in [0.4, 0.5) is 34.1 Å². The van der Waals surface area contributed by atoms with Crippen molar-refractivity contribution in [3.05, 3.63) is 162 Å². The van der Waals surface area contributed by atoms with E-state index in [0.717, 1.165) is 38.8 Å². The van der Waals surface area contributed by atoms with Gasteiger partial charge < -0.3 is 14.2 Å². The molecule has 8 aromatic rings. The molecule has 7 aromatic carbocycles. The third-order valence-corrected chi connectivity index (χ3v) is 12.8. The number of furan rings is 1. The first-order valence-electron chi connectivity index (χ1n) is 21.2. The van der Waals surface area contributed by atoms with Crippen LogP contribution in [-0.4, -0.2) is 6.71 Å². The highest BCUT2D eigenvalue weighted by molar-refractivity contribution is 7.00. The molecule has 0 fully saturated rings. The van der Waals surface area contributed by atoms with Crippen LogP contribution in [0.15, 0.2) is 144 Å². The number of aryl methyl sites for hydroxylation is 1. The van der Waals surface area contributed by atoms with Gasteiger partial charge in [0.05, 0.1) is 0 Å². The molecule has 0 amide bonds. The average Bonchev–Trinajstić information content (AvgIpc) is 3.58. The molecule has 1 aromatic heterocycles. The van der Waals surface area contributed by atoms with Crippen molar-refractivity contribution in [3.63, 3.8) is 0 Å². The summed E-state index contributed by atoms with van der Waals surface area (Å²) in [6.07, 6.45) is 0. The maximum atomic E-state index is 6.58. The number of benzene rings is 7. The smallest absolute Gasteiger partial charge is 0.252 e. The van der Waals surface area contributed by atoms with Crippen molar-refractivity contribution >= 4 is 79.2 Å². The van der Waals surface area contributed by atoms with Crippen molar-refractivity contribution < 1.29 is 4.42 Å². The summed E-state index contributed by atoms with van der Waals surface area (Å²) in [5, 5.41) is 2.28. The Morgan fingerprint density at radius 2 is 1.00 bits per heavy atom. The van der Waals surface area contributed by atoms with Crippen molar-refractivity contribution in [2.24, 2.45) is 0 Å². The minimum absolute atomic E-state index is 0.00453. The number of hydrogen-bond acceptors (Lipinski definition) is 3. The van der Waals surface area contributed by atoms with Crippen LogP contribution in [0.5, 0.6) is 0 Å². The molecule has 0 bridgehead atoms. The minimum Gasteiger partial charge on any atom is -0.455 e. The molecule has 2 aliphatic heterocycles. The molecule has 4 heteroatoms. The van der Waals surface area contributed by atoms with E-state index in [1.807, 2.05) is 6.07 Å². The Morgan fingerprint density at radius 1 is 0.458 bits per heavy atom. The average molecular weight is 769 g/mol. The topological polar surface area (TPSA) is 19.6 Å². The zero-order chi connectivity index (χ0) is 41.2. The van der Waals surface area contributed by atoms with E-state index in [0.29, 0.717) is 0 Å². The third kappa shape index (κ3) is 6.02. The van der Waals surface area contributed by atoms with Gasteiger partial charge in [-0.15, -0.1) is 0 Å². The molecule has 0 aliphatic carbocycles. The zero-order valence-electron chi connectivity index (χ0n) is 36.2. The summed E-state index contributed by atoms with van der Waals surface area (Å²) in [6.45, 7) is 23.1. The summed E-state index contributed by atoms with van der Waals surface area (Å²) in [6, 6.07) is 52.6. The highest BCUT2D eigenvalue weighted by atomic mass is 16.3. The molecule has 0 saturated heterocycles. The molecule has 0 unspecified atom stereocenters. The number of anilines is 6. The van der Waals surface area contributed by atoms with Gasteiger partial charge in [0.25, 0.3) is 6.71 Å². The molecule has 0 atom stereocenters. The van der Waals surface area contributed by atoms with Crippen molar-refractivity contribution in [2.45, 2.75) is 85.5 Å². The molecule has 0 saturated carbocycles. The predicted octanol–water partition coefficient (Wildman–Crippen LogP) is 13.5. The first-order valence-corrected chi connectivity index (χ1v) is 21.2. The van der Waals surface area contributed by atoms with Crippen LogP contribution in [0.25, 0.3) is 33.1 Å². The van der Waals surface area contributed by atoms with Gasteiger partial charge in [-0.1, -0.05) is 147 Å². The van der Waals surface area contributed by atoms with Crippen LogP contribution in [0, 0.1) is 6.92 Å². The fourth-order valence-corrected chi connectivity index (χ4v) is 9.51. The van der Waals surface area contributed by atoms with Gasteiger partial charge in [-0.2, -0.15) is 0 Å². The second-order valence-corrected chi connectivity index (χ2v) is 20.0. The van der Waals surface area contributed by atoms with Crippen LogP contribution in [0.1, 0.15) is 84.6 Å². The van der Waals surface area contributed by atoms with E-state index in [1.165, 1.54) is 67.1 Å². The van der Waals surface area contributed by atoms with Crippen LogP contribution in [0.3, 0.4) is 0 Å². The van der Waals surface area contributed by atoms with Crippen molar-refractivity contribution in [1.82, 2.24) is 0 Å². The lowest BCUT2D eigenvalue weighted by Crippen LogP contribution is -2.61. The number of para-hydroxylation sites is 2. The summed E-state index contributed by atoms with van der Waals surface area (Å²) >= 11 is 0. The first kappa shape index (κ1) is 37.3. The molecule has 59 heavy (non-hydrogen) atoms. The van der Waals surface area contributed by atoms with Gasteiger partial charge >= 0.3 is 0 Å². The Bertz CT molecular complexity index is 2970. The van der Waals surface area contributed by atoms with E-state index in [2.05, 4.69) is 212 Å². The Hall–Kier alpha value is -6.00. The number of nitrogens with zero attached hydrogens (tertiary/aromatic N) is 2. The predicted molar refractivity (Wildman–Crippen MR) is 254 cm³/mol. The third-order valence-electron chi connectivity index (χ3n) is 12.8. The van der Waals surface area contributed by atoms with Gasteiger partial charge in [-0.25, -0.2) is 0 Å². The second kappa shape index (κ2) is 13.0. The number of hydrogen-bond donors (Lipinski definition) is 0. The van der Waals surface area contributed by atoms with Crippen LogP contribution in [-0.2, 0) is 16.2 Å². The van der Waals surface area contributed by atoms with Gasteiger partial charge in [0.1, 0.15) is 11.2 Å². The van der Waals surface area contributed by atoms with Crippen molar-refractivity contribution in [2.75, 3.05) is 9.80 Å². The molecule has 3 heterocycles. The number of fused-ring (bicyclic) bond motifs is 7. The largest absolute Gasteiger partial charge is 0.455 e. The molecule has 0 spiro atoms. The molecule has 0 radical (unpaired) electrons. The van der Waals surface area contributed by atoms with Crippen LogP contribution >= 0.6 is 0 Å². The molecule has 2 aliphatic rings. The molecule has 3 nitrogen and oxygen atoms in total. The Balaban J connectivity index is 1.24. The lowest BCUT2D eigenvalue weighted by atomic mass is 9.33. The summed E-state index contributed by atoms with van der Waals surface area (Å²) < 4.78 is 6.58. The summed E-state index contributed by atoms with van der Waals surface area (Å²) in [4.78, 5) is 5.09. The van der Waals surface area contributed by atoms with E-state index >= 15 is 0 Å². The fraction of sp³-hybridized carbons (Fsp3) is 0.236. The van der Waals surface area contributed by atoms with Gasteiger partial charge in [0, 0.05) is 50.5 Å². The van der Waals surface area contributed by atoms with Crippen LogP contribution in [0.2, 0.25) is 0 Å². The van der Waals surface area contributed by atoms with Crippen molar-refractivity contribution in [3.8, 4) is 11.1 Å². The lowest BCUT2D eigenvalue weighted by Gasteiger charge is -2.45. The maximum absolute atomic E-state index is 6.58. The Morgan fingerprint density at radius 3 is 1.61 bits per heavy atom. The normalized spacial score (nSPS) is 13.8. The SMILES string of the molecule is Cc1cc2c3c(c1)N(c1cccc(-c4cccc5c4oc4ccccc45)c1)c1cc(C(C)(C)C)ccc1B3c1ccc(C(C)(C)C)cc1N2c1ccc(C(C)(C)C)cc1. The fourth-order valence-electron chi connectivity index (χ4n) is 9.51. The minimum atomic E-state index is -0.0281. The molecular formula is C55H53BN2O. The summed E-state index contributed by atoms with van der Waals surface area (Å²) in [5.74, 6) is 0. The van der Waals surface area contributed by atoms with E-state index < -0.39 is 0 Å².